The highest BCUT2D eigenvalue weighted by Crippen LogP contribution is 2.14. The van der Waals surface area contributed by atoms with Crippen LogP contribution < -0.4 is 9.47 Å². The van der Waals surface area contributed by atoms with Crippen molar-refractivity contribution in [3.8, 4) is 11.8 Å². The van der Waals surface area contributed by atoms with E-state index in [0.29, 0.717) is 0 Å². The lowest BCUT2D eigenvalue weighted by Gasteiger charge is -2.05. The van der Waals surface area contributed by atoms with Crippen molar-refractivity contribution in [1.82, 2.24) is 9.97 Å². The summed E-state index contributed by atoms with van der Waals surface area (Å²) in [5.41, 5.74) is 0. The van der Waals surface area contributed by atoms with Crippen LogP contribution in [0, 0.1) is 0 Å². The molecule has 0 atom stereocenters. The van der Waals surface area contributed by atoms with E-state index >= 15 is 0 Å². The second kappa shape index (κ2) is 5.14. The number of hydrogen-bond acceptors (Lipinski definition) is 6. The Morgan fingerprint density at radius 3 is 2.20 bits per heavy atom. The minimum Gasteiger partial charge on any atom is -0.481 e. The summed E-state index contributed by atoms with van der Waals surface area (Å²) in [6.45, 7) is 1.97. The molecular formula is C9H12N2O4. The van der Waals surface area contributed by atoms with Crippen molar-refractivity contribution in [1.29, 1.82) is 0 Å². The zero-order valence-electron chi connectivity index (χ0n) is 8.81. The lowest BCUT2D eigenvalue weighted by Crippen LogP contribution is -2.11. The molecule has 0 saturated heterocycles. The van der Waals surface area contributed by atoms with E-state index in [1.165, 1.54) is 20.3 Å². The van der Waals surface area contributed by atoms with E-state index in [2.05, 4.69) is 9.97 Å². The summed E-state index contributed by atoms with van der Waals surface area (Å²) < 4.78 is 14.5. The van der Waals surface area contributed by atoms with Crippen LogP contribution in [0.1, 0.15) is 17.5 Å². The van der Waals surface area contributed by atoms with E-state index < -0.39 is 5.97 Å². The normalized spacial score (nSPS) is 9.53. The second-order valence-corrected chi connectivity index (χ2v) is 2.50. The molecule has 0 aromatic carbocycles. The molecule has 1 heterocycles. The minimum absolute atomic E-state index is 0.0759. The zero-order chi connectivity index (χ0) is 11.3. The van der Waals surface area contributed by atoms with Gasteiger partial charge in [-0.3, -0.25) is 0 Å². The third-order valence-corrected chi connectivity index (χ3v) is 1.56. The van der Waals surface area contributed by atoms with Gasteiger partial charge in [-0.15, -0.1) is 0 Å². The number of carbonyl (C=O) groups excluding carboxylic acids is 1. The third kappa shape index (κ3) is 2.80. The quantitative estimate of drug-likeness (QED) is 0.683. The van der Waals surface area contributed by atoms with Gasteiger partial charge in [0.05, 0.1) is 26.9 Å². The molecule has 0 saturated carbocycles. The number of carbonyl (C=O) groups is 1. The van der Waals surface area contributed by atoms with Crippen LogP contribution in [0.25, 0.3) is 0 Å². The summed E-state index contributed by atoms with van der Waals surface area (Å²) in [5, 5.41) is 0. The van der Waals surface area contributed by atoms with Gasteiger partial charge in [-0.1, -0.05) is 0 Å². The fourth-order valence-corrected chi connectivity index (χ4v) is 0.900. The van der Waals surface area contributed by atoms with E-state index in [4.69, 9.17) is 14.2 Å². The number of esters is 1. The van der Waals surface area contributed by atoms with Crippen LogP contribution >= 0.6 is 0 Å². The summed E-state index contributed by atoms with van der Waals surface area (Å²) in [5.74, 6) is -0.169. The first-order valence-electron chi connectivity index (χ1n) is 4.35. The first-order valence-corrected chi connectivity index (χ1v) is 4.35. The van der Waals surface area contributed by atoms with Crippen molar-refractivity contribution in [2.45, 2.75) is 6.92 Å². The van der Waals surface area contributed by atoms with Crippen molar-refractivity contribution in [3.05, 3.63) is 11.9 Å². The molecule has 1 rings (SSSR count). The first kappa shape index (κ1) is 11.2. The largest absolute Gasteiger partial charge is 0.481 e. The summed E-state index contributed by atoms with van der Waals surface area (Å²) in [7, 11) is 2.88. The average molecular weight is 212 g/mol. The molecule has 1 aromatic heterocycles. The SMILES string of the molecule is CCOC(=O)c1nc(OC)cc(OC)n1. The van der Waals surface area contributed by atoms with Crippen LogP contribution in [0.3, 0.4) is 0 Å². The van der Waals surface area contributed by atoms with E-state index in [-0.39, 0.29) is 24.2 Å². The van der Waals surface area contributed by atoms with Crippen LogP contribution in [-0.4, -0.2) is 36.8 Å². The molecule has 82 valence electrons. The van der Waals surface area contributed by atoms with E-state index in [9.17, 15) is 4.79 Å². The van der Waals surface area contributed by atoms with Gasteiger partial charge < -0.3 is 14.2 Å². The van der Waals surface area contributed by atoms with Crippen LogP contribution in [-0.2, 0) is 4.74 Å². The van der Waals surface area contributed by atoms with Crippen molar-refractivity contribution < 1.29 is 19.0 Å². The molecule has 0 N–H and O–H groups in total. The number of nitrogens with zero attached hydrogens (tertiary/aromatic N) is 2. The molecule has 1 aromatic rings. The van der Waals surface area contributed by atoms with Crippen molar-refractivity contribution in [3.63, 3.8) is 0 Å². The molecular weight excluding hydrogens is 200 g/mol. The van der Waals surface area contributed by atoms with Crippen LogP contribution in [0.2, 0.25) is 0 Å². The highest BCUT2D eigenvalue weighted by molar-refractivity contribution is 5.85. The maximum absolute atomic E-state index is 11.3. The fourth-order valence-electron chi connectivity index (χ4n) is 0.900. The Bertz CT molecular complexity index is 332. The molecule has 0 aliphatic carbocycles. The minimum atomic E-state index is -0.602. The van der Waals surface area contributed by atoms with Crippen molar-refractivity contribution >= 4 is 5.97 Å². The van der Waals surface area contributed by atoms with Crippen LogP contribution in [0.5, 0.6) is 11.8 Å². The molecule has 0 radical (unpaired) electrons. The smallest absolute Gasteiger partial charge is 0.376 e. The predicted molar refractivity (Wildman–Crippen MR) is 51.1 cm³/mol. The summed E-state index contributed by atoms with van der Waals surface area (Å²) in [4.78, 5) is 19.0. The number of methoxy groups -OCH3 is 2. The zero-order valence-corrected chi connectivity index (χ0v) is 8.81. The van der Waals surface area contributed by atoms with Gasteiger partial charge >= 0.3 is 5.97 Å². The molecule has 6 heteroatoms. The standard InChI is InChI=1S/C9H12N2O4/c1-4-15-9(12)8-10-6(13-2)5-7(11-8)14-3/h5H,4H2,1-3H3. The Labute approximate surface area is 87.2 Å². The first-order chi connectivity index (χ1) is 7.21. The maximum Gasteiger partial charge on any atom is 0.376 e. The Balaban J connectivity index is 3.01. The number of hydrogen-bond donors (Lipinski definition) is 0. The summed E-state index contributed by atoms with van der Waals surface area (Å²) in [6.07, 6.45) is 0. The van der Waals surface area contributed by atoms with Gasteiger partial charge in [0.15, 0.2) is 0 Å². The Kier molecular flexibility index (Phi) is 3.84. The van der Waals surface area contributed by atoms with E-state index in [1.807, 2.05) is 0 Å². The van der Waals surface area contributed by atoms with Gasteiger partial charge in [0.2, 0.25) is 17.6 Å². The monoisotopic (exact) mass is 212 g/mol. The van der Waals surface area contributed by atoms with Crippen molar-refractivity contribution in [2.75, 3.05) is 20.8 Å². The second-order valence-electron chi connectivity index (χ2n) is 2.50. The van der Waals surface area contributed by atoms with Gasteiger partial charge in [0.1, 0.15) is 0 Å². The molecule has 0 spiro atoms. The van der Waals surface area contributed by atoms with E-state index in [1.54, 1.807) is 6.92 Å². The van der Waals surface area contributed by atoms with Crippen LogP contribution in [0.4, 0.5) is 0 Å². The molecule has 0 aliphatic rings. The van der Waals surface area contributed by atoms with Crippen molar-refractivity contribution in [2.24, 2.45) is 0 Å². The molecule has 0 aliphatic heterocycles. The molecule has 0 bridgehead atoms. The molecule has 0 fully saturated rings. The number of ether oxygens (including phenoxy) is 3. The van der Waals surface area contributed by atoms with Gasteiger partial charge in [-0.25, -0.2) is 4.79 Å². The lowest BCUT2D eigenvalue weighted by atomic mass is 10.5. The van der Waals surface area contributed by atoms with Gasteiger partial charge in [-0.2, -0.15) is 9.97 Å². The van der Waals surface area contributed by atoms with Gasteiger partial charge in [-0.05, 0) is 6.92 Å². The van der Waals surface area contributed by atoms with E-state index in [0.717, 1.165) is 0 Å². The summed E-state index contributed by atoms with van der Waals surface area (Å²) in [6, 6.07) is 1.47. The molecule has 0 unspecified atom stereocenters. The number of aromatic nitrogens is 2. The van der Waals surface area contributed by atoms with Gasteiger partial charge in [0, 0.05) is 0 Å². The number of rotatable bonds is 4. The topological polar surface area (TPSA) is 70.5 Å². The van der Waals surface area contributed by atoms with Crippen LogP contribution in [0.15, 0.2) is 6.07 Å². The highest BCUT2D eigenvalue weighted by atomic mass is 16.5. The summed E-state index contributed by atoms with van der Waals surface area (Å²) >= 11 is 0. The lowest BCUT2D eigenvalue weighted by molar-refractivity contribution is 0.0509. The average Bonchev–Trinajstić information content (AvgIpc) is 2.28. The highest BCUT2D eigenvalue weighted by Gasteiger charge is 2.13. The molecule has 6 nitrogen and oxygen atoms in total. The fraction of sp³-hybridized carbons (Fsp3) is 0.444. The Morgan fingerprint density at radius 1 is 1.27 bits per heavy atom. The maximum atomic E-state index is 11.3. The van der Waals surface area contributed by atoms with Gasteiger partial charge in [0.25, 0.3) is 0 Å². The third-order valence-electron chi connectivity index (χ3n) is 1.56. The molecule has 15 heavy (non-hydrogen) atoms. The Morgan fingerprint density at radius 2 is 1.80 bits per heavy atom. The predicted octanol–water partition coefficient (Wildman–Crippen LogP) is 0.670. The molecule has 0 amide bonds. The Hall–Kier alpha value is -1.85.